The highest BCUT2D eigenvalue weighted by molar-refractivity contribution is 7.40. The Balaban J connectivity index is 1.34. The van der Waals surface area contributed by atoms with E-state index < -0.39 is 7.38 Å². The summed E-state index contributed by atoms with van der Waals surface area (Å²) in [4.78, 5) is 0. The summed E-state index contributed by atoms with van der Waals surface area (Å²) < 4.78 is 0. The first-order chi connectivity index (χ1) is 30.6. The van der Waals surface area contributed by atoms with Crippen LogP contribution < -0.4 is 15.6 Å². The van der Waals surface area contributed by atoms with Gasteiger partial charge in [-0.25, -0.2) is 0 Å². The molecular formula is C60H51ClSi. The maximum atomic E-state index is 9.19. The SMILES string of the molecule is Cl[Si](c1cc(Cc2ccccc2)ccc1Cc1ccccc1)(c1cc(Cc2ccccc2)ccc1Cc1ccccc1)c1cc(Cc2ccccc2)ccc1Cc1ccccc1. The highest BCUT2D eigenvalue weighted by Gasteiger charge is 2.43. The molecule has 0 heterocycles. The molecule has 0 nitrogen and oxygen atoms in total. The lowest BCUT2D eigenvalue weighted by molar-refractivity contribution is 1.15. The van der Waals surface area contributed by atoms with Gasteiger partial charge in [-0.1, -0.05) is 237 Å². The number of rotatable bonds is 15. The summed E-state index contributed by atoms with van der Waals surface area (Å²) in [6.45, 7) is 0. The average Bonchev–Trinajstić information content (AvgIpc) is 3.32. The first-order valence-electron chi connectivity index (χ1n) is 21.9. The normalized spacial score (nSPS) is 11.4. The Bertz CT molecular complexity index is 2510. The Labute approximate surface area is 373 Å². The molecule has 9 rings (SSSR count). The number of hydrogen-bond donors (Lipinski definition) is 0. The predicted molar refractivity (Wildman–Crippen MR) is 265 cm³/mol. The molecule has 0 bridgehead atoms. The molecule has 0 amide bonds. The lowest BCUT2D eigenvalue weighted by Gasteiger charge is -2.34. The molecule has 0 atom stereocenters. The second-order valence-electron chi connectivity index (χ2n) is 16.6. The van der Waals surface area contributed by atoms with E-state index in [1.165, 1.54) is 82.3 Å². The molecular weight excluding hydrogens is 784 g/mol. The predicted octanol–water partition coefficient (Wildman–Crippen LogP) is 12.4. The summed E-state index contributed by atoms with van der Waals surface area (Å²) in [5, 5.41) is 3.82. The summed E-state index contributed by atoms with van der Waals surface area (Å²) >= 11 is 9.19. The molecule has 0 spiro atoms. The van der Waals surface area contributed by atoms with Crippen LogP contribution in [0.2, 0.25) is 0 Å². The maximum Gasteiger partial charge on any atom is 0.248 e. The fourth-order valence-corrected chi connectivity index (χ4v) is 14.5. The summed E-state index contributed by atoms with van der Waals surface area (Å²) in [6, 6.07) is 87.0. The standard InChI is InChI=1S/C60H51ClSi/c61-62(58-43-52(37-46-19-7-1-8-20-46)31-34-55(58)40-49-25-13-4-14-26-49,59-44-53(38-47-21-9-2-10-22-47)32-35-56(59)41-50-27-15-5-16-28-50)60-45-54(39-48-23-11-3-12-24-48)33-36-57(60)42-51-29-17-6-18-30-51/h1-36,43-45H,37-42H2. The van der Waals surface area contributed by atoms with Crippen molar-refractivity contribution in [3.8, 4) is 0 Å². The van der Waals surface area contributed by atoms with Gasteiger partial charge < -0.3 is 0 Å². The van der Waals surface area contributed by atoms with Crippen LogP contribution in [0, 0.1) is 0 Å². The quantitative estimate of drug-likeness (QED) is 0.0548. The van der Waals surface area contributed by atoms with E-state index in [-0.39, 0.29) is 0 Å². The minimum atomic E-state index is -3.45. The van der Waals surface area contributed by atoms with Crippen LogP contribution in [0.3, 0.4) is 0 Å². The third-order valence-corrected chi connectivity index (χ3v) is 17.6. The van der Waals surface area contributed by atoms with E-state index in [0.29, 0.717) is 0 Å². The van der Waals surface area contributed by atoms with E-state index in [1.54, 1.807) is 0 Å². The van der Waals surface area contributed by atoms with Gasteiger partial charge in [-0.3, -0.25) is 0 Å². The van der Waals surface area contributed by atoms with Gasteiger partial charge in [0.25, 0.3) is 0 Å². The van der Waals surface area contributed by atoms with E-state index in [0.717, 1.165) is 38.5 Å². The highest BCUT2D eigenvalue weighted by atomic mass is 35.6. The van der Waals surface area contributed by atoms with Crippen molar-refractivity contribution in [1.29, 1.82) is 0 Å². The summed E-state index contributed by atoms with van der Waals surface area (Å²) in [6.07, 6.45) is 4.86. The molecule has 0 N–H and O–H groups in total. The van der Waals surface area contributed by atoms with Gasteiger partial charge in [0.05, 0.1) is 0 Å². The van der Waals surface area contributed by atoms with Crippen LogP contribution in [0.1, 0.15) is 66.8 Å². The van der Waals surface area contributed by atoms with Gasteiger partial charge in [-0.2, -0.15) is 0 Å². The van der Waals surface area contributed by atoms with Gasteiger partial charge >= 0.3 is 0 Å². The van der Waals surface area contributed by atoms with Crippen molar-refractivity contribution in [1.82, 2.24) is 0 Å². The lowest BCUT2D eigenvalue weighted by atomic mass is 9.99. The molecule has 62 heavy (non-hydrogen) atoms. The third-order valence-electron chi connectivity index (χ3n) is 12.1. The second-order valence-corrected chi connectivity index (χ2v) is 21.2. The van der Waals surface area contributed by atoms with Gasteiger partial charge in [0.1, 0.15) is 0 Å². The van der Waals surface area contributed by atoms with E-state index in [9.17, 15) is 11.1 Å². The van der Waals surface area contributed by atoms with Crippen molar-refractivity contribution in [3.63, 3.8) is 0 Å². The topological polar surface area (TPSA) is 0 Å². The van der Waals surface area contributed by atoms with Crippen LogP contribution in [0.5, 0.6) is 0 Å². The number of benzene rings is 9. The summed E-state index contributed by atoms with van der Waals surface area (Å²) in [5.41, 5.74) is 15.4. The van der Waals surface area contributed by atoms with Crippen molar-refractivity contribution >= 4 is 34.0 Å². The Morgan fingerprint density at radius 3 is 0.661 bits per heavy atom. The second kappa shape index (κ2) is 19.5. The minimum absolute atomic E-state index is 0.790. The monoisotopic (exact) mass is 834 g/mol. The Kier molecular flexibility index (Phi) is 12.8. The van der Waals surface area contributed by atoms with E-state index >= 15 is 0 Å². The number of hydrogen-bond acceptors (Lipinski definition) is 0. The fraction of sp³-hybridized carbons (Fsp3) is 0.100. The largest absolute Gasteiger partial charge is 0.248 e. The zero-order valence-electron chi connectivity index (χ0n) is 35.1. The lowest BCUT2D eigenvalue weighted by Crippen LogP contribution is -2.66. The molecule has 302 valence electrons. The molecule has 0 fully saturated rings. The summed E-state index contributed by atoms with van der Waals surface area (Å²) in [7, 11) is -3.45. The zero-order valence-corrected chi connectivity index (χ0v) is 36.9. The summed E-state index contributed by atoms with van der Waals surface area (Å²) in [5.74, 6) is 0. The maximum absolute atomic E-state index is 9.19. The Hall–Kier alpha value is -6.51. The minimum Gasteiger partial charge on any atom is -0.149 e. The molecule has 0 saturated carbocycles. The zero-order chi connectivity index (χ0) is 42.0. The molecule has 0 saturated heterocycles. The molecule has 0 aliphatic carbocycles. The van der Waals surface area contributed by atoms with Crippen molar-refractivity contribution in [2.24, 2.45) is 0 Å². The molecule has 0 aliphatic heterocycles. The van der Waals surface area contributed by atoms with Gasteiger partial charge in [0, 0.05) is 0 Å². The van der Waals surface area contributed by atoms with Crippen LogP contribution in [-0.2, 0) is 38.5 Å². The van der Waals surface area contributed by atoms with Crippen LogP contribution in [0.15, 0.2) is 237 Å². The van der Waals surface area contributed by atoms with Crippen molar-refractivity contribution < 1.29 is 0 Å². The fourth-order valence-electron chi connectivity index (χ4n) is 9.00. The first-order valence-corrected chi connectivity index (χ1v) is 24.9. The molecule has 0 aliphatic rings. The Morgan fingerprint density at radius 1 is 0.226 bits per heavy atom. The van der Waals surface area contributed by atoms with Gasteiger partial charge in [-0.15, -0.1) is 11.1 Å². The van der Waals surface area contributed by atoms with E-state index in [2.05, 4.69) is 237 Å². The van der Waals surface area contributed by atoms with Crippen LogP contribution in [-0.4, -0.2) is 7.38 Å². The van der Waals surface area contributed by atoms with Crippen LogP contribution in [0.25, 0.3) is 0 Å². The molecule has 2 heteroatoms. The molecule has 9 aromatic rings. The van der Waals surface area contributed by atoms with Crippen molar-refractivity contribution in [2.75, 3.05) is 0 Å². The molecule has 0 unspecified atom stereocenters. The highest BCUT2D eigenvalue weighted by Crippen LogP contribution is 2.27. The van der Waals surface area contributed by atoms with Gasteiger partial charge in [-0.05, 0) is 121 Å². The smallest absolute Gasteiger partial charge is 0.149 e. The van der Waals surface area contributed by atoms with E-state index in [4.69, 9.17) is 0 Å². The first kappa shape index (κ1) is 40.9. The van der Waals surface area contributed by atoms with Crippen molar-refractivity contribution in [2.45, 2.75) is 38.5 Å². The van der Waals surface area contributed by atoms with E-state index in [1.807, 2.05) is 0 Å². The van der Waals surface area contributed by atoms with Crippen LogP contribution in [0.4, 0.5) is 0 Å². The average molecular weight is 836 g/mol. The van der Waals surface area contributed by atoms with Gasteiger partial charge in [0.15, 0.2) is 0 Å². The van der Waals surface area contributed by atoms with Crippen LogP contribution >= 0.6 is 11.1 Å². The Morgan fingerprint density at radius 2 is 0.435 bits per heavy atom. The molecule has 0 radical (unpaired) electrons. The number of halogens is 1. The molecule has 0 aromatic heterocycles. The third kappa shape index (κ3) is 9.82. The molecule has 9 aromatic carbocycles. The van der Waals surface area contributed by atoms with Gasteiger partial charge in [0.2, 0.25) is 7.38 Å². The van der Waals surface area contributed by atoms with Crippen molar-refractivity contribution in [3.05, 3.63) is 303 Å².